The molecule has 0 aliphatic carbocycles. The maximum atomic E-state index is 14.1. The van der Waals surface area contributed by atoms with Crippen LogP contribution in [0.15, 0.2) is 52.9 Å². The summed E-state index contributed by atoms with van der Waals surface area (Å²) in [5.74, 6) is -2.02. The fraction of sp³-hybridized carbons (Fsp3) is 0.0556. The monoisotopic (exact) mass is 406 g/mol. The normalized spacial score (nSPS) is 11.0. The van der Waals surface area contributed by atoms with E-state index in [1.165, 1.54) is 19.2 Å². The number of hydrazone groups is 1. The van der Waals surface area contributed by atoms with Gasteiger partial charge in [0.25, 0.3) is 0 Å². The lowest BCUT2D eigenvalue weighted by Gasteiger charge is -2.18. The highest BCUT2D eigenvalue weighted by molar-refractivity contribution is 7.14. The van der Waals surface area contributed by atoms with Gasteiger partial charge in [-0.1, -0.05) is 11.6 Å². The molecule has 1 heterocycles. The lowest BCUT2D eigenvalue weighted by molar-refractivity contribution is -0.115. The van der Waals surface area contributed by atoms with E-state index >= 15 is 0 Å². The highest BCUT2D eigenvalue weighted by Crippen LogP contribution is 2.30. The molecule has 0 atom stereocenters. The molecule has 0 aliphatic heterocycles. The Morgan fingerprint density at radius 3 is 2.67 bits per heavy atom. The van der Waals surface area contributed by atoms with Crippen LogP contribution in [0.5, 0.6) is 0 Å². The van der Waals surface area contributed by atoms with E-state index in [9.17, 15) is 13.6 Å². The van der Waals surface area contributed by atoms with Crippen molar-refractivity contribution in [3.8, 4) is 0 Å². The van der Waals surface area contributed by atoms with Crippen LogP contribution in [0.25, 0.3) is 0 Å². The van der Waals surface area contributed by atoms with Crippen molar-refractivity contribution in [2.24, 2.45) is 5.10 Å². The molecule has 138 valence electrons. The summed E-state index contributed by atoms with van der Waals surface area (Å²) in [6.45, 7) is 1.28. The summed E-state index contributed by atoms with van der Waals surface area (Å²) >= 11 is 6.95. The number of thiazole rings is 1. The van der Waals surface area contributed by atoms with Gasteiger partial charge in [0.05, 0.1) is 23.3 Å². The molecule has 0 bridgehead atoms. The summed E-state index contributed by atoms with van der Waals surface area (Å²) < 4.78 is 27.2. The van der Waals surface area contributed by atoms with Gasteiger partial charge in [0.2, 0.25) is 5.91 Å². The number of hydrogen-bond donors (Lipinski definition) is 1. The number of benzene rings is 2. The Morgan fingerprint density at radius 1 is 1.26 bits per heavy atom. The maximum absolute atomic E-state index is 14.1. The van der Waals surface area contributed by atoms with Crippen LogP contribution in [0.2, 0.25) is 5.02 Å². The third kappa shape index (κ3) is 4.66. The van der Waals surface area contributed by atoms with Gasteiger partial charge in [0.1, 0.15) is 11.6 Å². The third-order valence-electron chi connectivity index (χ3n) is 3.40. The molecule has 0 saturated carbocycles. The maximum Gasteiger partial charge on any atom is 0.230 e. The minimum atomic E-state index is -0.847. The molecule has 0 aliphatic rings. The van der Waals surface area contributed by atoms with Gasteiger partial charge in [-0.3, -0.25) is 15.1 Å². The molecule has 0 spiro atoms. The third-order valence-corrected chi connectivity index (χ3v) is 4.50. The van der Waals surface area contributed by atoms with E-state index in [-0.39, 0.29) is 10.8 Å². The zero-order valence-electron chi connectivity index (χ0n) is 14.0. The van der Waals surface area contributed by atoms with Crippen LogP contribution >= 0.6 is 22.9 Å². The van der Waals surface area contributed by atoms with Crippen molar-refractivity contribution in [1.82, 2.24) is 4.98 Å². The summed E-state index contributed by atoms with van der Waals surface area (Å²) in [4.78, 5) is 17.3. The van der Waals surface area contributed by atoms with Gasteiger partial charge in [0, 0.05) is 23.4 Å². The first-order valence-electron chi connectivity index (χ1n) is 7.70. The second-order valence-corrected chi connectivity index (χ2v) is 6.65. The molecular weight excluding hydrogens is 394 g/mol. The number of halogens is 3. The van der Waals surface area contributed by atoms with E-state index in [2.05, 4.69) is 15.5 Å². The predicted octanol–water partition coefficient (Wildman–Crippen LogP) is 5.21. The number of anilines is 3. The Hall–Kier alpha value is -2.84. The number of carbonyl (C=O) groups is 1. The van der Waals surface area contributed by atoms with Crippen molar-refractivity contribution in [3.05, 3.63) is 70.2 Å². The van der Waals surface area contributed by atoms with Crippen molar-refractivity contribution >= 4 is 51.6 Å². The molecule has 3 aromatic rings. The van der Waals surface area contributed by atoms with Crippen LogP contribution in [-0.4, -0.2) is 17.1 Å². The predicted molar refractivity (Wildman–Crippen MR) is 104 cm³/mol. The molecule has 1 N–H and O–H groups in total. The van der Waals surface area contributed by atoms with Crippen molar-refractivity contribution in [2.75, 3.05) is 10.3 Å². The number of amides is 1. The SMILES string of the molecule is CC(=O)N(c1nc(/C=N\Nc2ccc(Cl)cc2)cs1)c1ccc(F)cc1F. The van der Waals surface area contributed by atoms with Crippen molar-refractivity contribution in [2.45, 2.75) is 6.92 Å². The summed E-state index contributed by atoms with van der Waals surface area (Å²) in [7, 11) is 0. The first kappa shape index (κ1) is 18.9. The molecular formula is C18H13ClF2N4OS. The average Bonchev–Trinajstić information content (AvgIpc) is 3.07. The summed E-state index contributed by atoms with van der Waals surface area (Å²) in [5.41, 5.74) is 3.97. The zero-order valence-corrected chi connectivity index (χ0v) is 15.6. The number of hydrogen-bond acceptors (Lipinski definition) is 5. The zero-order chi connectivity index (χ0) is 19.4. The topological polar surface area (TPSA) is 57.6 Å². The van der Waals surface area contributed by atoms with Crippen molar-refractivity contribution in [3.63, 3.8) is 0 Å². The van der Waals surface area contributed by atoms with Gasteiger partial charge < -0.3 is 0 Å². The lowest BCUT2D eigenvalue weighted by atomic mass is 10.2. The molecule has 3 rings (SSSR count). The van der Waals surface area contributed by atoms with Crippen LogP contribution in [0.3, 0.4) is 0 Å². The molecule has 0 saturated heterocycles. The Bertz CT molecular complexity index is 991. The van der Waals surface area contributed by atoms with Gasteiger partial charge >= 0.3 is 0 Å². The van der Waals surface area contributed by atoms with Crippen LogP contribution in [0, 0.1) is 11.6 Å². The minimum absolute atomic E-state index is 0.0685. The summed E-state index contributed by atoms with van der Waals surface area (Å²) in [5, 5.41) is 6.59. The Labute approximate surface area is 162 Å². The smallest absolute Gasteiger partial charge is 0.230 e. The van der Waals surface area contributed by atoms with Crippen LogP contribution in [0.4, 0.5) is 25.3 Å². The highest BCUT2D eigenvalue weighted by Gasteiger charge is 2.21. The van der Waals surface area contributed by atoms with Gasteiger partial charge in [0.15, 0.2) is 5.13 Å². The van der Waals surface area contributed by atoms with Crippen LogP contribution in [0.1, 0.15) is 12.6 Å². The summed E-state index contributed by atoms with van der Waals surface area (Å²) in [6.07, 6.45) is 1.47. The fourth-order valence-electron chi connectivity index (χ4n) is 2.21. The van der Waals surface area contributed by atoms with Gasteiger partial charge in [-0.15, -0.1) is 11.3 Å². The highest BCUT2D eigenvalue weighted by atomic mass is 35.5. The van der Waals surface area contributed by atoms with E-state index < -0.39 is 17.5 Å². The lowest BCUT2D eigenvalue weighted by Crippen LogP contribution is -2.23. The fourth-order valence-corrected chi connectivity index (χ4v) is 3.16. The molecule has 0 radical (unpaired) electrons. The molecule has 0 fully saturated rings. The molecule has 2 aromatic carbocycles. The second-order valence-electron chi connectivity index (χ2n) is 5.38. The van der Waals surface area contributed by atoms with Gasteiger partial charge in [-0.05, 0) is 36.4 Å². The van der Waals surface area contributed by atoms with Crippen LogP contribution in [-0.2, 0) is 4.79 Å². The van der Waals surface area contributed by atoms with E-state index in [4.69, 9.17) is 11.6 Å². The molecule has 1 amide bonds. The number of rotatable bonds is 5. The molecule has 1 aromatic heterocycles. The first-order chi connectivity index (χ1) is 12.9. The second kappa shape index (κ2) is 8.24. The van der Waals surface area contributed by atoms with E-state index in [0.717, 1.165) is 34.1 Å². The quantitative estimate of drug-likeness (QED) is 0.467. The molecule has 5 nitrogen and oxygen atoms in total. The Kier molecular flexibility index (Phi) is 5.78. The van der Waals surface area contributed by atoms with Gasteiger partial charge in [-0.25, -0.2) is 13.8 Å². The molecule has 9 heteroatoms. The minimum Gasteiger partial charge on any atom is -0.278 e. The number of nitrogens with zero attached hydrogens (tertiary/aromatic N) is 3. The van der Waals surface area contributed by atoms with Crippen molar-refractivity contribution < 1.29 is 13.6 Å². The largest absolute Gasteiger partial charge is 0.278 e. The van der Waals surface area contributed by atoms with Gasteiger partial charge in [-0.2, -0.15) is 5.10 Å². The first-order valence-corrected chi connectivity index (χ1v) is 8.96. The Balaban J connectivity index is 1.78. The number of carbonyl (C=O) groups excluding carboxylic acids is 1. The van der Waals surface area contributed by atoms with Crippen LogP contribution < -0.4 is 10.3 Å². The number of nitrogens with one attached hydrogen (secondary N) is 1. The Morgan fingerprint density at radius 2 is 2.00 bits per heavy atom. The van der Waals surface area contributed by atoms with Crippen molar-refractivity contribution in [1.29, 1.82) is 0 Å². The van der Waals surface area contributed by atoms with E-state index in [1.807, 2.05) is 0 Å². The standard InChI is InChI=1S/C18H13ClF2N4OS/c1-11(26)25(17-7-4-13(20)8-16(17)21)18-23-15(10-27-18)9-22-24-14-5-2-12(19)3-6-14/h2-10,24H,1H3/b22-9-. The number of aromatic nitrogens is 1. The molecule has 0 unspecified atom stereocenters. The van der Waals surface area contributed by atoms with E-state index in [1.54, 1.807) is 29.6 Å². The summed E-state index contributed by atoms with van der Waals surface area (Å²) in [6, 6.07) is 9.98. The van der Waals surface area contributed by atoms with E-state index in [0.29, 0.717) is 10.7 Å². The average molecular weight is 407 g/mol. The molecule has 27 heavy (non-hydrogen) atoms.